The van der Waals surface area contributed by atoms with E-state index in [4.69, 9.17) is 5.11 Å². The number of hydrogen-bond donors (Lipinski definition) is 2. The Bertz CT molecular complexity index is 105. The molecule has 2 aliphatic rings. The van der Waals surface area contributed by atoms with Gasteiger partial charge in [0.05, 0.1) is 0 Å². The van der Waals surface area contributed by atoms with Crippen molar-refractivity contribution in [3.63, 3.8) is 0 Å². The first kappa shape index (κ1) is 5.69. The Balaban J connectivity index is 1.81. The lowest BCUT2D eigenvalue weighted by molar-refractivity contribution is 0.272. The maximum atomic E-state index is 8.61. The van der Waals surface area contributed by atoms with Gasteiger partial charge in [0.15, 0.2) is 0 Å². The fourth-order valence-electron chi connectivity index (χ4n) is 2.12. The van der Waals surface area contributed by atoms with E-state index in [0.29, 0.717) is 6.61 Å². The Hall–Kier alpha value is -0.0800. The molecule has 1 aliphatic carbocycles. The lowest BCUT2D eigenvalue weighted by atomic mass is 10.2. The van der Waals surface area contributed by atoms with Crippen molar-refractivity contribution in [1.29, 1.82) is 0 Å². The molecule has 0 amide bonds. The van der Waals surface area contributed by atoms with E-state index < -0.39 is 0 Å². The average Bonchev–Trinajstić information content (AvgIpc) is 2.39. The van der Waals surface area contributed by atoms with Crippen LogP contribution in [0.25, 0.3) is 0 Å². The highest BCUT2D eigenvalue weighted by Crippen LogP contribution is 2.50. The molecule has 2 rings (SSSR count). The molecule has 2 fully saturated rings. The van der Waals surface area contributed by atoms with Crippen molar-refractivity contribution in [3.05, 3.63) is 0 Å². The Morgan fingerprint density at radius 1 is 1.33 bits per heavy atom. The van der Waals surface area contributed by atoms with Crippen LogP contribution in [0.3, 0.4) is 0 Å². The fourth-order valence-corrected chi connectivity index (χ4v) is 2.12. The van der Waals surface area contributed by atoms with E-state index in [1.807, 2.05) is 0 Å². The molecule has 2 nitrogen and oxygen atoms in total. The highest BCUT2D eigenvalue weighted by molar-refractivity contribution is 5.03. The maximum Gasteiger partial charge on any atom is 0.0433 e. The normalized spacial score (nSPS) is 47.0. The summed E-state index contributed by atoms with van der Waals surface area (Å²) in [4.78, 5) is 0. The van der Waals surface area contributed by atoms with Crippen LogP contribution in [0.2, 0.25) is 0 Å². The average molecular weight is 127 g/mol. The lowest BCUT2D eigenvalue weighted by Gasteiger charge is -1.99. The lowest BCUT2D eigenvalue weighted by Crippen LogP contribution is -2.14. The zero-order valence-corrected chi connectivity index (χ0v) is 5.51. The number of aliphatic hydroxyl groups is 1. The first-order chi connectivity index (χ1) is 4.43. The summed E-state index contributed by atoms with van der Waals surface area (Å²) in [6, 6.07) is 0. The Kier molecular flexibility index (Phi) is 1.24. The van der Waals surface area contributed by atoms with E-state index in [9.17, 15) is 0 Å². The summed E-state index contributed by atoms with van der Waals surface area (Å²) >= 11 is 0. The second-order valence-electron chi connectivity index (χ2n) is 3.16. The molecule has 9 heavy (non-hydrogen) atoms. The summed E-state index contributed by atoms with van der Waals surface area (Å²) in [6.07, 6.45) is 1.04. The van der Waals surface area contributed by atoms with Crippen LogP contribution in [0, 0.1) is 17.8 Å². The third-order valence-electron chi connectivity index (χ3n) is 2.73. The predicted octanol–water partition coefficient (Wildman–Crippen LogP) is -0.166. The van der Waals surface area contributed by atoms with Gasteiger partial charge in [-0.1, -0.05) is 0 Å². The van der Waals surface area contributed by atoms with E-state index in [1.165, 1.54) is 13.1 Å². The highest BCUT2D eigenvalue weighted by Gasteiger charge is 2.51. The van der Waals surface area contributed by atoms with Crippen LogP contribution in [0.4, 0.5) is 0 Å². The molecule has 1 saturated carbocycles. The second-order valence-corrected chi connectivity index (χ2v) is 3.16. The first-order valence-electron chi connectivity index (χ1n) is 3.75. The minimum Gasteiger partial charge on any atom is -0.396 e. The molecule has 3 atom stereocenters. The van der Waals surface area contributed by atoms with Gasteiger partial charge in [-0.15, -0.1) is 0 Å². The molecule has 52 valence electrons. The van der Waals surface area contributed by atoms with Gasteiger partial charge in [0, 0.05) is 6.61 Å². The van der Waals surface area contributed by atoms with E-state index in [2.05, 4.69) is 5.32 Å². The third kappa shape index (κ3) is 0.775. The highest BCUT2D eigenvalue weighted by atomic mass is 16.3. The van der Waals surface area contributed by atoms with Crippen molar-refractivity contribution < 1.29 is 5.11 Å². The van der Waals surface area contributed by atoms with Crippen LogP contribution in [0.5, 0.6) is 0 Å². The number of aliphatic hydroxyl groups excluding tert-OH is 1. The topological polar surface area (TPSA) is 32.3 Å². The molecule has 0 bridgehead atoms. The van der Waals surface area contributed by atoms with E-state index in [1.54, 1.807) is 0 Å². The van der Waals surface area contributed by atoms with Crippen molar-refractivity contribution in [2.24, 2.45) is 17.8 Å². The molecular weight excluding hydrogens is 114 g/mol. The quantitative estimate of drug-likeness (QED) is 0.540. The van der Waals surface area contributed by atoms with Gasteiger partial charge in [-0.05, 0) is 37.3 Å². The standard InChI is InChI=1S/C7H13NO/c9-2-1-5-6-3-8-4-7(5)6/h5-9H,1-4H2/t5-,6+,7-. The zero-order chi connectivity index (χ0) is 6.27. The van der Waals surface area contributed by atoms with Crippen LogP contribution in [-0.2, 0) is 0 Å². The van der Waals surface area contributed by atoms with Crippen LogP contribution >= 0.6 is 0 Å². The summed E-state index contributed by atoms with van der Waals surface area (Å²) < 4.78 is 0. The second kappa shape index (κ2) is 1.96. The molecule has 1 heterocycles. The van der Waals surface area contributed by atoms with Gasteiger partial charge in [0.1, 0.15) is 0 Å². The summed E-state index contributed by atoms with van der Waals surface area (Å²) in [6.45, 7) is 2.79. The molecule has 0 spiro atoms. The summed E-state index contributed by atoms with van der Waals surface area (Å²) in [5.74, 6) is 2.73. The van der Waals surface area contributed by atoms with Crippen molar-refractivity contribution in [2.75, 3.05) is 19.7 Å². The first-order valence-corrected chi connectivity index (χ1v) is 3.75. The van der Waals surface area contributed by atoms with Crippen molar-refractivity contribution >= 4 is 0 Å². The molecule has 0 radical (unpaired) electrons. The molecule has 2 heteroatoms. The largest absolute Gasteiger partial charge is 0.396 e. The van der Waals surface area contributed by atoms with Crippen LogP contribution in [0.15, 0.2) is 0 Å². The fraction of sp³-hybridized carbons (Fsp3) is 1.00. The Morgan fingerprint density at radius 3 is 2.56 bits per heavy atom. The molecule has 0 aromatic carbocycles. The summed E-state index contributed by atoms with van der Waals surface area (Å²) in [5, 5.41) is 11.9. The van der Waals surface area contributed by atoms with Gasteiger partial charge < -0.3 is 10.4 Å². The van der Waals surface area contributed by atoms with E-state index in [-0.39, 0.29) is 0 Å². The van der Waals surface area contributed by atoms with Gasteiger partial charge >= 0.3 is 0 Å². The molecule has 0 aromatic rings. The number of rotatable bonds is 2. The number of hydrogen-bond acceptors (Lipinski definition) is 2. The third-order valence-corrected chi connectivity index (χ3v) is 2.73. The van der Waals surface area contributed by atoms with E-state index in [0.717, 1.165) is 24.2 Å². The van der Waals surface area contributed by atoms with Crippen LogP contribution in [0.1, 0.15) is 6.42 Å². The summed E-state index contributed by atoms with van der Waals surface area (Å²) in [7, 11) is 0. The minimum absolute atomic E-state index is 0.387. The number of piperidine rings is 1. The monoisotopic (exact) mass is 127 g/mol. The summed E-state index contributed by atoms with van der Waals surface area (Å²) in [5.41, 5.74) is 0. The van der Waals surface area contributed by atoms with Crippen LogP contribution in [-0.4, -0.2) is 24.8 Å². The molecule has 0 aromatic heterocycles. The van der Waals surface area contributed by atoms with Crippen LogP contribution < -0.4 is 5.32 Å². The number of nitrogens with one attached hydrogen (secondary N) is 1. The Labute approximate surface area is 55.3 Å². The van der Waals surface area contributed by atoms with Crippen molar-refractivity contribution in [3.8, 4) is 0 Å². The maximum absolute atomic E-state index is 8.61. The molecule has 1 saturated heterocycles. The van der Waals surface area contributed by atoms with Gasteiger partial charge in [0.25, 0.3) is 0 Å². The van der Waals surface area contributed by atoms with E-state index >= 15 is 0 Å². The van der Waals surface area contributed by atoms with Crippen molar-refractivity contribution in [1.82, 2.24) is 5.32 Å². The zero-order valence-electron chi connectivity index (χ0n) is 5.51. The van der Waals surface area contributed by atoms with Gasteiger partial charge in [-0.2, -0.15) is 0 Å². The Morgan fingerprint density at radius 2 is 2.00 bits per heavy atom. The minimum atomic E-state index is 0.387. The molecular formula is C7H13NO. The van der Waals surface area contributed by atoms with Crippen molar-refractivity contribution in [2.45, 2.75) is 6.42 Å². The smallest absolute Gasteiger partial charge is 0.0433 e. The predicted molar refractivity (Wildman–Crippen MR) is 35.0 cm³/mol. The molecule has 2 N–H and O–H groups in total. The molecule has 1 aliphatic heterocycles. The SMILES string of the molecule is OCC[C@H]1[C@H]2CNC[C@@H]12. The molecule has 0 unspecified atom stereocenters. The number of fused-ring (bicyclic) bond motifs is 1. The van der Waals surface area contributed by atoms with Gasteiger partial charge in [0.2, 0.25) is 0 Å². The van der Waals surface area contributed by atoms with Gasteiger partial charge in [-0.3, -0.25) is 0 Å². The van der Waals surface area contributed by atoms with Gasteiger partial charge in [-0.25, -0.2) is 0 Å².